The molecule has 3 aromatic rings. The number of methoxy groups -OCH3 is 1. The fourth-order valence-electron chi connectivity index (χ4n) is 4.17. The van der Waals surface area contributed by atoms with Gasteiger partial charge in [0.05, 0.1) is 30.4 Å². The van der Waals surface area contributed by atoms with Gasteiger partial charge in [0.25, 0.3) is 11.7 Å². The molecule has 1 amide bonds. The van der Waals surface area contributed by atoms with Gasteiger partial charge in [-0.05, 0) is 66.4 Å². The minimum atomic E-state index is -0.841. The molecule has 1 unspecified atom stereocenters. The molecule has 0 aliphatic carbocycles. The zero-order valence-electron chi connectivity index (χ0n) is 20.6. The molecule has 1 fully saturated rings. The molecule has 36 heavy (non-hydrogen) atoms. The van der Waals surface area contributed by atoms with Crippen molar-refractivity contribution in [3.8, 4) is 11.5 Å². The molecule has 4 rings (SSSR count). The predicted molar refractivity (Wildman–Crippen MR) is 141 cm³/mol. The number of carbonyl (C=O) groups is 2. The lowest BCUT2D eigenvalue weighted by Gasteiger charge is -2.26. The van der Waals surface area contributed by atoms with Gasteiger partial charge in [-0.15, -0.1) is 0 Å². The maximum Gasteiger partial charge on any atom is 0.300 e. The number of benzene rings is 3. The van der Waals surface area contributed by atoms with E-state index in [9.17, 15) is 14.7 Å². The summed E-state index contributed by atoms with van der Waals surface area (Å²) in [5.74, 6) is -0.311. The van der Waals surface area contributed by atoms with Gasteiger partial charge in [-0.1, -0.05) is 49.7 Å². The molecule has 1 aliphatic rings. The molecule has 0 aromatic heterocycles. The summed E-state index contributed by atoms with van der Waals surface area (Å²) in [5.41, 5.74) is 2.46. The Bertz CT molecular complexity index is 1330. The van der Waals surface area contributed by atoms with Crippen LogP contribution in [-0.4, -0.2) is 30.5 Å². The molecule has 0 saturated carbocycles. The van der Waals surface area contributed by atoms with E-state index in [1.165, 1.54) is 18.1 Å². The largest absolute Gasteiger partial charge is 0.507 e. The first kappa shape index (κ1) is 25.3. The standard InChI is InChI=1S/C29H28ClNO5/c1-17(2)16-36-22-11-8-19(9-12-22)26-25(27(32)20-10-13-24(35-4)23(30)15-20)28(33)29(34)31(26)21-7-5-6-18(3)14-21/h5-15,17,26,32H,16H2,1-4H3/b27-25-. The van der Waals surface area contributed by atoms with Crippen molar-refractivity contribution in [1.82, 2.24) is 0 Å². The van der Waals surface area contributed by atoms with E-state index in [2.05, 4.69) is 13.8 Å². The monoisotopic (exact) mass is 505 g/mol. The number of nitrogens with zero attached hydrogens (tertiary/aromatic N) is 1. The third-order valence-corrected chi connectivity index (χ3v) is 6.22. The molecular weight excluding hydrogens is 478 g/mol. The first-order valence-electron chi connectivity index (χ1n) is 11.7. The molecular formula is C29H28ClNO5. The van der Waals surface area contributed by atoms with Crippen LogP contribution in [0.25, 0.3) is 5.76 Å². The fourth-order valence-corrected chi connectivity index (χ4v) is 4.43. The van der Waals surface area contributed by atoms with Crippen molar-refractivity contribution in [1.29, 1.82) is 0 Å². The van der Waals surface area contributed by atoms with Crippen molar-refractivity contribution >= 4 is 34.7 Å². The number of aliphatic hydroxyl groups is 1. The Morgan fingerprint density at radius 3 is 2.39 bits per heavy atom. The van der Waals surface area contributed by atoms with Gasteiger partial charge in [0.1, 0.15) is 17.3 Å². The number of hydrogen-bond acceptors (Lipinski definition) is 5. The second-order valence-electron chi connectivity index (χ2n) is 9.13. The highest BCUT2D eigenvalue weighted by Gasteiger charge is 2.47. The number of aryl methyl sites for hydroxylation is 1. The zero-order chi connectivity index (χ0) is 26.0. The van der Waals surface area contributed by atoms with Crippen LogP contribution in [0.15, 0.2) is 72.3 Å². The van der Waals surface area contributed by atoms with Crippen molar-refractivity contribution in [2.45, 2.75) is 26.8 Å². The third kappa shape index (κ3) is 4.95. The highest BCUT2D eigenvalue weighted by molar-refractivity contribution is 6.51. The normalized spacial score (nSPS) is 17.1. The molecule has 6 nitrogen and oxygen atoms in total. The van der Waals surface area contributed by atoms with Gasteiger partial charge in [-0.25, -0.2) is 0 Å². The highest BCUT2D eigenvalue weighted by Crippen LogP contribution is 2.43. The van der Waals surface area contributed by atoms with Gasteiger partial charge in [0.15, 0.2) is 0 Å². The van der Waals surface area contributed by atoms with Gasteiger partial charge in [0, 0.05) is 11.3 Å². The van der Waals surface area contributed by atoms with Crippen LogP contribution in [-0.2, 0) is 9.59 Å². The minimum absolute atomic E-state index is 0.0152. The maximum absolute atomic E-state index is 13.3. The molecule has 1 N–H and O–H groups in total. The van der Waals surface area contributed by atoms with Crippen molar-refractivity contribution in [2.75, 3.05) is 18.6 Å². The van der Waals surface area contributed by atoms with Crippen LogP contribution in [0.3, 0.4) is 0 Å². The molecule has 1 aliphatic heterocycles. The average Bonchev–Trinajstić information content (AvgIpc) is 3.12. The summed E-state index contributed by atoms with van der Waals surface area (Å²) in [6.07, 6.45) is 0. The Morgan fingerprint density at radius 1 is 1.06 bits per heavy atom. The lowest BCUT2D eigenvalue weighted by molar-refractivity contribution is -0.132. The van der Waals surface area contributed by atoms with Gasteiger partial charge in [-0.2, -0.15) is 0 Å². The Morgan fingerprint density at radius 2 is 1.78 bits per heavy atom. The van der Waals surface area contributed by atoms with E-state index >= 15 is 0 Å². The first-order valence-corrected chi connectivity index (χ1v) is 12.0. The Kier molecular flexibility index (Phi) is 7.36. The third-order valence-electron chi connectivity index (χ3n) is 5.93. The molecule has 3 aromatic carbocycles. The number of aliphatic hydroxyl groups excluding tert-OH is 1. The minimum Gasteiger partial charge on any atom is -0.507 e. The summed E-state index contributed by atoms with van der Waals surface area (Å²) < 4.78 is 11.0. The van der Waals surface area contributed by atoms with E-state index < -0.39 is 17.7 Å². The number of hydrogen-bond donors (Lipinski definition) is 1. The highest BCUT2D eigenvalue weighted by atomic mass is 35.5. The van der Waals surface area contributed by atoms with E-state index in [1.807, 2.05) is 37.3 Å². The second kappa shape index (κ2) is 10.5. The van der Waals surface area contributed by atoms with Gasteiger partial charge in [-0.3, -0.25) is 14.5 Å². The number of rotatable bonds is 7. The van der Waals surface area contributed by atoms with Crippen molar-refractivity contribution in [2.24, 2.45) is 5.92 Å². The van der Waals surface area contributed by atoms with Crippen LogP contribution >= 0.6 is 11.6 Å². The number of carbonyl (C=O) groups excluding carboxylic acids is 2. The lowest BCUT2D eigenvalue weighted by atomic mass is 9.95. The summed E-state index contributed by atoms with van der Waals surface area (Å²) >= 11 is 6.28. The molecule has 1 atom stereocenters. The number of ketones is 1. The Labute approximate surface area is 215 Å². The van der Waals surface area contributed by atoms with Gasteiger partial charge < -0.3 is 14.6 Å². The molecule has 1 heterocycles. The van der Waals surface area contributed by atoms with Crippen LogP contribution in [0.1, 0.15) is 36.6 Å². The number of ether oxygens (including phenoxy) is 2. The van der Waals surface area contributed by atoms with Crippen LogP contribution in [0.4, 0.5) is 5.69 Å². The fraction of sp³-hybridized carbons (Fsp3) is 0.241. The first-order chi connectivity index (χ1) is 17.2. The quantitative estimate of drug-likeness (QED) is 0.231. The maximum atomic E-state index is 13.3. The van der Waals surface area contributed by atoms with E-state index in [0.29, 0.717) is 40.8 Å². The number of halogens is 1. The van der Waals surface area contributed by atoms with E-state index in [-0.39, 0.29) is 16.4 Å². The summed E-state index contributed by atoms with van der Waals surface area (Å²) in [5, 5.41) is 11.6. The number of Topliss-reactive ketones (excluding diaryl/α,β-unsaturated/α-hetero) is 1. The lowest BCUT2D eigenvalue weighted by Crippen LogP contribution is -2.29. The molecule has 186 valence electrons. The van der Waals surface area contributed by atoms with E-state index in [4.69, 9.17) is 21.1 Å². The van der Waals surface area contributed by atoms with Crippen LogP contribution in [0, 0.1) is 12.8 Å². The Balaban J connectivity index is 1.86. The Hall–Kier alpha value is -3.77. The summed E-state index contributed by atoms with van der Waals surface area (Å²) in [6, 6.07) is 18.4. The van der Waals surface area contributed by atoms with Crippen molar-refractivity contribution in [3.05, 3.63) is 94.0 Å². The van der Waals surface area contributed by atoms with Crippen molar-refractivity contribution < 1.29 is 24.2 Å². The smallest absolute Gasteiger partial charge is 0.300 e. The molecule has 0 bridgehead atoms. The van der Waals surface area contributed by atoms with E-state index in [0.717, 1.165) is 5.56 Å². The average molecular weight is 506 g/mol. The molecule has 1 saturated heterocycles. The topological polar surface area (TPSA) is 76.1 Å². The van der Waals surface area contributed by atoms with E-state index in [1.54, 1.807) is 30.3 Å². The zero-order valence-corrected chi connectivity index (χ0v) is 21.4. The van der Waals surface area contributed by atoms with Crippen LogP contribution in [0.5, 0.6) is 11.5 Å². The molecule has 0 radical (unpaired) electrons. The SMILES string of the molecule is COc1ccc(/C(O)=C2/C(=O)C(=O)N(c3cccc(C)c3)C2c2ccc(OCC(C)C)cc2)cc1Cl. The summed E-state index contributed by atoms with van der Waals surface area (Å²) in [7, 11) is 1.49. The number of amides is 1. The summed E-state index contributed by atoms with van der Waals surface area (Å²) in [4.78, 5) is 28.1. The predicted octanol–water partition coefficient (Wildman–Crippen LogP) is 6.32. The van der Waals surface area contributed by atoms with Crippen molar-refractivity contribution in [3.63, 3.8) is 0 Å². The van der Waals surface area contributed by atoms with Gasteiger partial charge in [0.2, 0.25) is 0 Å². The number of anilines is 1. The second-order valence-corrected chi connectivity index (χ2v) is 9.54. The van der Waals surface area contributed by atoms with Gasteiger partial charge >= 0.3 is 0 Å². The summed E-state index contributed by atoms with van der Waals surface area (Å²) in [6.45, 7) is 6.61. The molecule has 0 spiro atoms. The molecule has 7 heteroatoms. The van der Waals surface area contributed by atoms with Crippen LogP contribution in [0.2, 0.25) is 5.02 Å². The van der Waals surface area contributed by atoms with Crippen LogP contribution < -0.4 is 14.4 Å².